The quantitative estimate of drug-likeness (QED) is 0.834. The molecule has 1 saturated heterocycles. The molecule has 0 aliphatic carbocycles. The summed E-state index contributed by atoms with van der Waals surface area (Å²) in [7, 11) is 1.83. The second-order valence-electron chi connectivity index (χ2n) is 6.92. The summed E-state index contributed by atoms with van der Waals surface area (Å²) in [5.41, 5.74) is 2.43. The van der Waals surface area contributed by atoms with Crippen molar-refractivity contribution in [1.29, 1.82) is 0 Å². The molecule has 1 N–H and O–H groups in total. The zero-order valence-electron chi connectivity index (χ0n) is 15.5. The molecule has 5 nitrogen and oxygen atoms in total. The van der Waals surface area contributed by atoms with Gasteiger partial charge < -0.3 is 15.1 Å². The van der Waals surface area contributed by atoms with Crippen molar-refractivity contribution in [3.63, 3.8) is 0 Å². The van der Waals surface area contributed by atoms with Crippen LogP contribution in [0.4, 0.5) is 4.79 Å². The second-order valence-corrected chi connectivity index (χ2v) is 6.92. The summed E-state index contributed by atoms with van der Waals surface area (Å²) in [5, 5.41) is 3.03. The third-order valence-electron chi connectivity index (χ3n) is 5.02. The lowest BCUT2D eigenvalue weighted by Crippen LogP contribution is -2.41. The fraction of sp³-hybridized carbons (Fsp3) is 0.429. The lowest BCUT2D eigenvalue weighted by atomic mass is 9.99. The van der Waals surface area contributed by atoms with Gasteiger partial charge in [0.05, 0.1) is 0 Å². The van der Waals surface area contributed by atoms with Crippen LogP contribution < -0.4 is 5.32 Å². The van der Waals surface area contributed by atoms with E-state index < -0.39 is 0 Å². The Labute approximate surface area is 156 Å². The van der Waals surface area contributed by atoms with Crippen molar-refractivity contribution in [2.75, 3.05) is 39.8 Å². The summed E-state index contributed by atoms with van der Waals surface area (Å²) in [6.07, 6.45) is 3.76. The van der Waals surface area contributed by atoms with Crippen LogP contribution in [0.2, 0.25) is 0 Å². The number of carbonyl (C=O) groups excluding carboxylic acids is 1. The first-order valence-corrected chi connectivity index (χ1v) is 9.38. The monoisotopic (exact) mass is 352 g/mol. The molecule has 26 heavy (non-hydrogen) atoms. The first kappa shape index (κ1) is 18.4. The molecule has 1 aliphatic rings. The maximum absolute atomic E-state index is 12.2. The molecule has 0 saturated carbocycles. The Morgan fingerprint density at radius 3 is 2.81 bits per heavy atom. The van der Waals surface area contributed by atoms with Gasteiger partial charge in [-0.25, -0.2) is 4.79 Å². The smallest absolute Gasteiger partial charge is 0.317 e. The van der Waals surface area contributed by atoms with Crippen LogP contribution in [0.25, 0.3) is 0 Å². The predicted molar refractivity (Wildman–Crippen MR) is 104 cm³/mol. The van der Waals surface area contributed by atoms with E-state index in [0.29, 0.717) is 19.0 Å². The zero-order chi connectivity index (χ0) is 18.2. The van der Waals surface area contributed by atoms with Crippen LogP contribution in [-0.4, -0.2) is 60.6 Å². The Balaban J connectivity index is 1.33. The van der Waals surface area contributed by atoms with Crippen LogP contribution in [0.5, 0.6) is 0 Å². The normalized spacial score (nSPS) is 17.2. The van der Waals surface area contributed by atoms with Crippen LogP contribution in [0, 0.1) is 0 Å². The van der Waals surface area contributed by atoms with E-state index in [1.807, 2.05) is 25.2 Å². The minimum atomic E-state index is -0.0141. The summed E-state index contributed by atoms with van der Waals surface area (Å²) in [6.45, 7) is 4.44. The summed E-state index contributed by atoms with van der Waals surface area (Å²) in [4.78, 5) is 20.7. The van der Waals surface area contributed by atoms with E-state index in [2.05, 4.69) is 45.5 Å². The molecule has 1 aliphatic heterocycles. The molecule has 138 valence electrons. The van der Waals surface area contributed by atoms with E-state index >= 15 is 0 Å². The van der Waals surface area contributed by atoms with Gasteiger partial charge in [0.15, 0.2) is 0 Å². The fourth-order valence-corrected chi connectivity index (χ4v) is 3.42. The van der Waals surface area contributed by atoms with Gasteiger partial charge in [-0.2, -0.15) is 0 Å². The van der Waals surface area contributed by atoms with E-state index in [1.54, 1.807) is 11.1 Å². The Bertz CT molecular complexity index is 677. The lowest BCUT2D eigenvalue weighted by molar-refractivity contribution is 0.207. The maximum atomic E-state index is 12.2. The van der Waals surface area contributed by atoms with E-state index in [-0.39, 0.29) is 6.03 Å². The average Bonchev–Trinajstić information content (AvgIpc) is 3.16. The van der Waals surface area contributed by atoms with Crippen LogP contribution in [0.1, 0.15) is 23.6 Å². The molecule has 0 unspecified atom stereocenters. The molecule has 0 radical (unpaired) electrons. The number of likely N-dealkylation sites (N-methyl/N-ethyl adjacent to an activating group) is 1. The van der Waals surface area contributed by atoms with Crippen molar-refractivity contribution in [1.82, 2.24) is 20.1 Å². The van der Waals surface area contributed by atoms with Crippen molar-refractivity contribution in [3.8, 4) is 0 Å². The number of benzene rings is 1. The molecule has 1 atom stereocenters. The minimum Gasteiger partial charge on any atom is -0.337 e. The fourth-order valence-electron chi connectivity index (χ4n) is 3.42. The highest BCUT2D eigenvalue weighted by molar-refractivity contribution is 5.73. The molecule has 1 aromatic heterocycles. The summed E-state index contributed by atoms with van der Waals surface area (Å²) in [5.74, 6) is 0.618. The molecular weight excluding hydrogens is 324 g/mol. The van der Waals surface area contributed by atoms with Gasteiger partial charge in [0, 0.05) is 51.5 Å². The Morgan fingerprint density at radius 2 is 2.04 bits per heavy atom. The number of likely N-dealkylation sites (tertiary alicyclic amines) is 1. The van der Waals surface area contributed by atoms with Gasteiger partial charge in [-0.3, -0.25) is 4.98 Å². The summed E-state index contributed by atoms with van der Waals surface area (Å²) < 4.78 is 0. The number of urea groups is 1. The van der Waals surface area contributed by atoms with Crippen LogP contribution >= 0.6 is 0 Å². The lowest BCUT2D eigenvalue weighted by Gasteiger charge is -2.20. The molecule has 2 heterocycles. The van der Waals surface area contributed by atoms with Crippen molar-refractivity contribution in [3.05, 3.63) is 66.0 Å². The van der Waals surface area contributed by atoms with Crippen molar-refractivity contribution < 1.29 is 4.79 Å². The maximum Gasteiger partial charge on any atom is 0.317 e. The number of amides is 2. The van der Waals surface area contributed by atoms with Crippen LogP contribution in [-0.2, 0) is 6.42 Å². The number of hydrogen-bond acceptors (Lipinski definition) is 3. The average molecular weight is 352 g/mol. The van der Waals surface area contributed by atoms with Crippen LogP contribution in [0.3, 0.4) is 0 Å². The molecule has 5 heteroatoms. The largest absolute Gasteiger partial charge is 0.337 e. The van der Waals surface area contributed by atoms with Crippen molar-refractivity contribution in [2.45, 2.75) is 18.8 Å². The van der Waals surface area contributed by atoms with Crippen LogP contribution in [0.15, 0.2) is 54.7 Å². The highest BCUT2D eigenvalue weighted by Crippen LogP contribution is 2.26. The zero-order valence-corrected chi connectivity index (χ0v) is 15.5. The molecule has 2 amide bonds. The summed E-state index contributed by atoms with van der Waals surface area (Å²) >= 11 is 0. The third kappa shape index (κ3) is 5.30. The molecule has 0 spiro atoms. The van der Waals surface area contributed by atoms with Gasteiger partial charge in [0.2, 0.25) is 0 Å². The molecule has 3 rings (SSSR count). The Morgan fingerprint density at radius 1 is 1.23 bits per heavy atom. The van der Waals surface area contributed by atoms with Gasteiger partial charge in [-0.15, -0.1) is 0 Å². The number of pyridine rings is 1. The number of carbonyl (C=O) groups is 1. The Hall–Kier alpha value is -2.40. The van der Waals surface area contributed by atoms with Gasteiger partial charge in [0.25, 0.3) is 0 Å². The van der Waals surface area contributed by atoms with Gasteiger partial charge in [0.1, 0.15) is 0 Å². The minimum absolute atomic E-state index is 0.0141. The van der Waals surface area contributed by atoms with E-state index in [0.717, 1.165) is 31.7 Å². The van der Waals surface area contributed by atoms with E-state index in [1.165, 1.54) is 12.0 Å². The molecular formula is C21H28N4O. The first-order valence-electron chi connectivity index (χ1n) is 9.38. The Kier molecular flexibility index (Phi) is 6.61. The molecule has 1 aromatic carbocycles. The number of aromatic nitrogens is 1. The third-order valence-corrected chi connectivity index (χ3v) is 5.02. The number of nitrogens with zero attached hydrogens (tertiary/aromatic N) is 3. The predicted octanol–water partition coefficient (Wildman–Crippen LogP) is 2.76. The number of rotatable bonds is 7. The second kappa shape index (κ2) is 9.34. The van der Waals surface area contributed by atoms with E-state index in [9.17, 15) is 4.79 Å². The van der Waals surface area contributed by atoms with Crippen molar-refractivity contribution >= 4 is 6.03 Å². The standard InChI is InChI=1S/C21H28N4O/c1-24(14-11-20-9-5-6-12-22-20)21(26)23-13-16-25-15-10-19(17-25)18-7-3-2-4-8-18/h2-9,12,19H,10-11,13-17H2,1H3,(H,23,26)/t19-/m0/s1. The van der Waals surface area contributed by atoms with E-state index in [4.69, 9.17) is 0 Å². The highest BCUT2D eigenvalue weighted by Gasteiger charge is 2.23. The number of nitrogens with one attached hydrogen (secondary N) is 1. The highest BCUT2D eigenvalue weighted by atomic mass is 16.2. The molecule has 2 aromatic rings. The topological polar surface area (TPSA) is 48.5 Å². The summed E-state index contributed by atoms with van der Waals surface area (Å²) in [6, 6.07) is 16.6. The molecule has 0 bridgehead atoms. The number of hydrogen-bond donors (Lipinski definition) is 1. The first-order chi connectivity index (χ1) is 12.7. The van der Waals surface area contributed by atoms with Crippen molar-refractivity contribution in [2.24, 2.45) is 0 Å². The van der Waals surface area contributed by atoms with Gasteiger partial charge >= 0.3 is 6.03 Å². The molecule has 1 fully saturated rings. The SMILES string of the molecule is CN(CCc1ccccn1)C(=O)NCCN1CC[C@H](c2ccccc2)C1. The van der Waals surface area contributed by atoms with Gasteiger partial charge in [-0.1, -0.05) is 36.4 Å². The van der Waals surface area contributed by atoms with Gasteiger partial charge in [-0.05, 0) is 36.6 Å².